The van der Waals surface area contributed by atoms with Gasteiger partial charge in [0.15, 0.2) is 0 Å². The maximum absolute atomic E-state index is 5.89. The Kier molecular flexibility index (Phi) is 4.37. The fourth-order valence-electron chi connectivity index (χ4n) is 2.35. The number of hydrogen-bond acceptors (Lipinski definition) is 3. The molecule has 2 rings (SSSR count). The van der Waals surface area contributed by atoms with Gasteiger partial charge in [0.2, 0.25) is 0 Å². The van der Waals surface area contributed by atoms with Crippen LogP contribution >= 0.6 is 11.6 Å². The summed E-state index contributed by atoms with van der Waals surface area (Å²) in [5.41, 5.74) is 1.22. The van der Waals surface area contributed by atoms with Gasteiger partial charge in [0, 0.05) is 26.4 Å². The summed E-state index contributed by atoms with van der Waals surface area (Å²) in [7, 11) is 1.80. The van der Waals surface area contributed by atoms with E-state index >= 15 is 0 Å². The molecule has 0 aliphatic carbocycles. The summed E-state index contributed by atoms with van der Waals surface area (Å²) in [4.78, 5) is 6.41. The van der Waals surface area contributed by atoms with E-state index in [0.29, 0.717) is 17.2 Å². The van der Waals surface area contributed by atoms with Crippen molar-refractivity contribution in [1.29, 1.82) is 0 Å². The number of ether oxygens (including phenoxy) is 1. The molecule has 0 bridgehead atoms. The minimum Gasteiger partial charge on any atom is -0.380 e. The summed E-state index contributed by atoms with van der Waals surface area (Å²) >= 11 is 5.89. The van der Waals surface area contributed by atoms with Crippen LogP contribution in [0.2, 0.25) is 5.15 Å². The van der Waals surface area contributed by atoms with E-state index < -0.39 is 0 Å². The third kappa shape index (κ3) is 3.41. The van der Waals surface area contributed by atoms with E-state index in [1.807, 2.05) is 12.1 Å². The van der Waals surface area contributed by atoms with Gasteiger partial charge >= 0.3 is 0 Å². The van der Waals surface area contributed by atoms with Crippen LogP contribution in [0, 0.1) is 5.92 Å². The topological polar surface area (TPSA) is 25.4 Å². The minimum absolute atomic E-state index is 0.348. The van der Waals surface area contributed by atoms with E-state index in [0.717, 1.165) is 19.6 Å². The monoisotopic (exact) mass is 254 g/mol. The van der Waals surface area contributed by atoms with Crippen LogP contribution in [0.3, 0.4) is 0 Å². The van der Waals surface area contributed by atoms with Gasteiger partial charge in [-0.2, -0.15) is 0 Å². The van der Waals surface area contributed by atoms with E-state index in [1.54, 1.807) is 13.3 Å². The van der Waals surface area contributed by atoms with Gasteiger partial charge in [-0.25, -0.2) is 4.98 Å². The Balaban J connectivity index is 1.95. The van der Waals surface area contributed by atoms with E-state index in [9.17, 15) is 0 Å². The molecular weight excluding hydrogens is 236 g/mol. The molecule has 2 atom stereocenters. The largest absolute Gasteiger partial charge is 0.380 e. The molecule has 1 fully saturated rings. The Hall–Kier alpha value is -0.640. The number of halogens is 1. The number of nitrogens with zero attached hydrogens (tertiary/aromatic N) is 2. The molecule has 0 amide bonds. The lowest BCUT2D eigenvalue weighted by atomic mass is 9.95. The second kappa shape index (κ2) is 5.80. The zero-order chi connectivity index (χ0) is 12.3. The molecule has 1 aromatic rings. The van der Waals surface area contributed by atoms with Crippen LogP contribution in [0.25, 0.3) is 0 Å². The van der Waals surface area contributed by atoms with Crippen LogP contribution in [-0.4, -0.2) is 36.2 Å². The van der Waals surface area contributed by atoms with Gasteiger partial charge in [-0.05, 0) is 36.6 Å². The number of likely N-dealkylation sites (tertiary alicyclic amines) is 1. The molecule has 0 aromatic carbocycles. The Morgan fingerprint density at radius 2 is 2.41 bits per heavy atom. The molecule has 1 saturated heterocycles. The molecule has 2 unspecified atom stereocenters. The van der Waals surface area contributed by atoms with Crippen LogP contribution in [0.4, 0.5) is 0 Å². The SMILES string of the molecule is COC1CN(Cc2ccnc(Cl)c2)CCC1C. The number of pyridine rings is 1. The Labute approximate surface area is 108 Å². The molecule has 0 N–H and O–H groups in total. The van der Waals surface area contributed by atoms with Crippen LogP contribution in [0.15, 0.2) is 18.3 Å². The second-order valence-corrected chi connectivity index (χ2v) is 5.15. The minimum atomic E-state index is 0.348. The summed E-state index contributed by atoms with van der Waals surface area (Å²) in [5, 5.41) is 0.566. The highest BCUT2D eigenvalue weighted by molar-refractivity contribution is 6.29. The average molecular weight is 255 g/mol. The van der Waals surface area contributed by atoms with Crippen molar-refractivity contribution in [2.24, 2.45) is 5.92 Å². The van der Waals surface area contributed by atoms with Crippen molar-refractivity contribution < 1.29 is 4.74 Å². The predicted octanol–water partition coefficient (Wildman–Crippen LogP) is 2.59. The third-order valence-electron chi connectivity index (χ3n) is 3.47. The van der Waals surface area contributed by atoms with Crippen LogP contribution < -0.4 is 0 Å². The molecule has 1 aliphatic heterocycles. The lowest BCUT2D eigenvalue weighted by molar-refractivity contribution is -0.00745. The normalized spacial score (nSPS) is 26.1. The predicted molar refractivity (Wildman–Crippen MR) is 69.1 cm³/mol. The molecule has 4 heteroatoms. The van der Waals surface area contributed by atoms with E-state index in [4.69, 9.17) is 16.3 Å². The standard InChI is InChI=1S/C13H19ClN2O/c1-10-4-6-16(9-12(10)17-2)8-11-3-5-15-13(14)7-11/h3,5,7,10,12H,4,6,8-9H2,1-2H3. The summed E-state index contributed by atoms with van der Waals surface area (Å²) < 4.78 is 5.51. The lowest BCUT2D eigenvalue weighted by Crippen LogP contribution is -2.43. The smallest absolute Gasteiger partial charge is 0.129 e. The van der Waals surface area contributed by atoms with Crippen molar-refractivity contribution in [2.45, 2.75) is 26.0 Å². The zero-order valence-corrected chi connectivity index (χ0v) is 11.2. The molecule has 0 saturated carbocycles. The van der Waals surface area contributed by atoms with Crippen LogP contribution in [-0.2, 0) is 11.3 Å². The number of rotatable bonds is 3. The highest BCUT2D eigenvalue weighted by Gasteiger charge is 2.25. The Bertz CT molecular complexity index is 372. The van der Waals surface area contributed by atoms with Gasteiger partial charge in [-0.1, -0.05) is 18.5 Å². The van der Waals surface area contributed by atoms with Gasteiger partial charge in [0.05, 0.1) is 6.10 Å². The molecular formula is C13H19ClN2O. The van der Waals surface area contributed by atoms with Gasteiger partial charge in [0.25, 0.3) is 0 Å². The number of piperidine rings is 1. The summed E-state index contributed by atoms with van der Waals surface area (Å²) in [6.07, 6.45) is 3.30. The van der Waals surface area contributed by atoms with Gasteiger partial charge in [-0.3, -0.25) is 4.90 Å². The van der Waals surface area contributed by atoms with Gasteiger partial charge in [-0.15, -0.1) is 0 Å². The molecule has 1 aliphatic rings. The molecule has 17 heavy (non-hydrogen) atoms. The number of methoxy groups -OCH3 is 1. The van der Waals surface area contributed by atoms with Crippen molar-refractivity contribution in [3.05, 3.63) is 29.0 Å². The fraction of sp³-hybridized carbons (Fsp3) is 0.615. The van der Waals surface area contributed by atoms with Crippen molar-refractivity contribution in [3.8, 4) is 0 Å². The van der Waals surface area contributed by atoms with Gasteiger partial charge in [0.1, 0.15) is 5.15 Å². The van der Waals surface area contributed by atoms with Crippen LogP contribution in [0.1, 0.15) is 18.9 Å². The first-order chi connectivity index (χ1) is 8.19. The Morgan fingerprint density at radius 1 is 1.59 bits per heavy atom. The second-order valence-electron chi connectivity index (χ2n) is 4.76. The average Bonchev–Trinajstić information content (AvgIpc) is 2.32. The highest BCUT2D eigenvalue weighted by Crippen LogP contribution is 2.21. The summed E-state index contributed by atoms with van der Waals surface area (Å²) in [6, 6.07) is 3.95. The molecule has 1 aromatic heterocycles. The zero-order valence-electron chi connectivity index (χ0n) is 10.4. The molecule has 94 valence electrons. The third-order valence-corrected chi connectivity index (χ3v) is 3.68. The maximum atomic E-state index is 5.89. The fourth-order valence-corrected chi connectivity index (χ4v) is 2.54. The van der Waals surface area contributed by atoms with E-state index in [2.05, 4.69) is 16.8 Å². The highest BCUT2D eigenvalue weighted by atomic mass is 35.5. The quantitative estimate of drug-likeness (QED) is 0.776. The molecule has 3 nitrogen and oxygen atoms in total. The molecule has 0 spiro atoms. The first-order valence-corrected chi connectivity index (χ1v) is 6.42. The first kappa shape index (κ1) is 12.8. The number of aromatic nitrogens is 1. The molecule has 2 heterocycles. The van der Waals surface area contributed by atoms with Crippen molar-refractivity contribution in [2.75, 3.05) is 20.2 Å². The maximum Gasteiger partial charge on any atom is 0.129 e. The van der Waals surface area contributed by atoms with Crippen molar-refractivity contribution in [1.82, 2.24) is 9.88 Å². The summed E-state index contributed by atoms with van der Waals surface area (Å²) in [5.74, 6) is 0.650. The number of hydrogen-bond donors (Lipinski definition) is 0. The first-order valence-electron chi connectivity index (χ1n) is 6.04. The van der Waals surface area contributed by atoms with Gasteiger partial charge < -0.3 is 4.74 Å². The summed E-state index contributed by atoms with van der Waals surface area (Å²) in [6.45, 7) is 5.31. The van der Waals surface area contributed by atoms with Crippen molar-refractivity contribution >= 4 is 11.6 Å². The lowest BCUT2D eigenvalue weighted by Gasteiger charge is -2.36. The van der Waals surface area contributed by atoms with Crippen molar-refractivity contribution in [3.63, 3.8) is 0 Å². The van der Waals surface area contributed by atoms with E-state index in [1.165, 1.54) is 12.0 Å². The Morgan fingerprint density at radius 3 is 3.12 bits per heavy atom. The van der Waals surface area contributed by atoms with E-state index in [-0.39, 0.29) is 0 Å². The molecule has 0 radical (unpaired) electrons. The van der Waals surface area contributed by atoms with Crippen LogP contribution in [0.5, 0.6) is 0 Å².